The Morgan fingerprint density at radius 1 is 1.16 bits per heavy atom. The van der Waals surface area contributed by atoms with Gasteiger partial charge >= 0.3 is 6.09 Å². The average Bonchev–Trinajstić information content (AvgIpc) is 3.23. The number of carbonyl (C=O) groups excluding carboxylic acids is 2. The Bertz CT molecular complexity index is 1340. The molecule has 11 nitrogen and oxygen atoms in total. The second-order valence-corrected chi connectivity index (χ2v) is 9.15. The molecule has 2 amide bonds. The number of ether oxygens (including phenoxy) is 1. The summed E-state index contributed by atoms with van der Waals surface area (Å²) in [6.07, 6.45) is 0.937. The normalized spacial score (nSPS) is 17.0. The molecule has 2 aromatic carbocycles. The van der Waals surface area contributed by atoms with E-state index in [1.54, 1.807) is 4.90 Å². The first-order chi connectivity index (χ1) is 18.0. The first kappa shape index (κ1) is 24.4. The highest BCUT2D eigenvalue weighted by Gasteiger charge is 2.31. The summed E-state index contributed by atoms with van der Waals surface area (Å²) in [6.45, 7) is 5.17. The Kier molecular flexibility index (Phi) is 6.85. The maximum Gasteiger partial charge on any atom is 0.409 e. The van der Waals surface area contributed by atoms with Gasteiger partial charge in [0.15, 0.2) is 5.96 Å². The fraction of sp³-hybridized carbons (Fsp3) is 0.385. The van der Waals surface area contributed by atoms with Crippen LogP contribution in [-0.2, 0) is 9.53 Å². The van der Waals surface area contributed by atoms with Crippen molar-refractivity contribution in [2.45, 2.75) is 25.8 Å². The van der Waals surface area contributed by atoms with Crippen LogP contribution in [0.2, 0.25) is 0 Å². The zero-order valence-corrected chi connectivity index (χ0v) is 20.9. The van der Waals surface area contributed by atoms with Crippen LogP contribution in [0.1, 0.15) is 25.8 Å². The van der Waals surface area contributed by atoms with Crippen molar-refractivity contribution in [2.24, 2.45) is 16.5 Å². The van der Waals surface area contributed by atoms with Crippen molar-refractivity contribution >= 4 is 40.4 Å². The number of aromatic nitrogens is 2. The van der Waals surface area contributed by atoms with Gasteiger partial charge in [-0.3, -0.25) is 9.79 Å². The second-order valence-electron chi connectivity index (χ2n) is 9.15. The van der Waals surface area contributed by atoms with Crippen molar-refractivity contribution in [1.82, 2.24) is 14.5 Å². The second kappa shape index (κ2) is 10.4. The molecule has 1 atom stereocenters. The number of benzene rings is 2. The number of nitrogens with two attached hydrogens (primary N) is 2. The maximum atomic E-state index is 13.4. The average molecular weight is 505 g/mol. The van der Waals surface area contributed by atoms with Gasteiger partial charge in [-0.2, -0.15) is 0 Å². The van der Waals surface area contributed by atoms with E-state index in [1.165, 1.54) is 0 Å². The lowest BCUT2D eigenvalue weighted by Crippen LogP contribution is -2.49. The number of carbonyl (C=O) groups is 2. The van der Waals surface area contributed by atoms with E-state index in [9.17, 15) is 9.59 Å². The van der Waals surface area contributed by atoms with Gasteiger partial charge < -0.3 is 35.9 Å². The third kappa shape index (κ3) is 4.89. The summed E-state index contributed by atoms with van der Waals surface area (Å²) in [4.78, 5) is 38.5. The molecule has 1 saturated heterocycles. The molecule has 37 heavy (non-hydrogen) atoms. The highest BCUT2D eigenvalue weighted by atomic mass is 16.6. The smallest absolute Gasteiger partial charge is 0.409 e. The number of para-hydroxylation sites is 2. The number of aliphatic imine (C=N–C) groups is 1. The largest absolute Gasteiger partial charge is 0.450 e. The quantitative estimate of drug-likeness (QED) is 0.266. The molecule has 0 saturated carbocycles. The number of hydrogen-bond acceptors (Lipinski definition) is 6. The van der Waals surface area contributed by atoms with Gasteiger partial charge in [-0.1, -0.05) is 12.1 Å². The number of piperazine rings is 1. The Morgan fingerprint density at radius 3 is 2.70 bits per heavy atom. The number of amides is 2. The van der Waals surface area contributed by atoms with Gasteiger partial charge in [-0.15, -0.1) is 0 Å². The monoisotopic (exact) mass is 504 g/mol. The van der Waals surface area contributed by atoms with Crippen LogP contribution in [0.25, 0.3) is 22.4 Å². The molecule has 5 rings (SSSR count). The summed E-state index contributed by atoms with van der Waals surface area (Å²) in [5.41, 5.74) is 15.3. The number of fused-ring (bicyclic) bond motifs is 5. The first-order valence-electron chi connectivity index (χ1n) is 12.6. The van der Waals surface area contributed by atoms with Gasteiger partial charge in [0.05, 0.1) is 23.3 Å². The third-order valence-electron chi connectivity index (χ3n) is 6.81. The molecule has 1 fully saturated rings. The number of imidazole rings is 1. The van der Waals surface area contributed by atoms with Crippen molar-refractivity contribution in [3.63, 3.8) is 0 Å². The summed E-state index contributed by atoms with van der Waals surface area (Å²) < 4.78 is 7.18. The molecule has 194 valence electrons. The minimum absolute atomic E-state index is 0.0436. The molecule has 0 spiro atoms. The minimum Gasteiger partial charge on any atom is -0.450 e. The highest BCUT2D eigenvalue weighted by Crippen LogP contribution is 2.39. The van der Waals surface area contributed by atoms with Crippen LogP contribution in [0.5, 0.6) is 0 Å². The predicted octanol–water partition coefficient (Wildman–Crippen LogP) is 2.53. The standard InChI is InChI=1S/C26H32N8O3/c1-2-37-26(36)33-14-12-32(13-15-33)17-9-10-19-18(16-17)23-30-20-6-3-4-7-21(20)34(23)22(24(35)31-19)8-5-11-29-25(27)28/h3-4,6-7,9-10,16,22H,2,5,8,11-15H2,1H3,(H,31,35)(H4,27,28,29). The summed E-state index contributed by atoms with van der Waals surface area (Å²) in [5, 5.41) is 3.11. The van der Waals surface area contributed by atoms with E-state index in [2.05, 4.69) is 21.3 Å². The van der Waals surface area contributed by atoms with Crippen LogP contribution in [0, 0.1) is 0 Å². The topological polar surface area (TPSA) is 144 Å². The fourth-order valence-corrected chi connectivity index (χ4v) is 5.02. The van der Waals surface area contributed by atoms with Crippen molar-refractivity contribution < 1.29 is 14.3 Å². The van der Waals surface area contributed by atoms with E-state index in [-0.39, 0.29) is 18.0 Å². The van der Waals surface area contributed by atoms with Gasteiger partial charge in [-0.05, 0) is 50.1 Å². The van der Waals surface area contributed by atoms with E-state index in [1.807, 2.05) is 47.9 Å². The molecule has 0 radical (unpaired) electrons. The van der Waals surface area contributed by atoms with Gasteiger partial charge in [0.25, 0.3) is 0 Å². The number of hydrogen-bond donors (Lipinski definition) is 3. The van der Waals surface area contributed by atoms with Gasteiger partial charge in [0.2, 0.25) is 5.91 Å². The van der Waals surface area contributed by atoms with E-state index < -0.39 is 6.04 Å². The van der Waals surface area contributed by atoms with Crippen molar-refractivity contribution in [1.29, 1.82) is 0 Å². The zero-order valence-electron chi connectivity index (χ0n) is 20.9. The summed E-state index contributed by atoms with van der Waals surface area (Å²) in [5.74, 6) is 0.694. The number of nitrogens with one attached hydrogen (secondary N) is 1. The molecule has 5 N–H and O–H groups in total. The Hall–Kier alpha value is -4.28. The molecular weight excluding hydrogens is 472 g/mol. The van der Waals surface area contributed by atoms with E-state index in [0.29, 0.717) is 52.2 Å². The molecule has 11 heteroatoms. The van der Waals surface area contributed by atoms with Gasteiger partial charge in [-0.25, -0.2) is 9.78 Å². The SMILES string of the molecule is CCOC(=O)N1CCN(c2ccc3c(c2)-c2nc4ccccc4n2C(CCCN=C(N)N)C(=O)N3)CC1. The lowest BCUT2D eigenvalue weighted by atomic mass is 10.1. The molecule has 0 bridgehead atoms. The van der Waals surface area contributed by atoms with E-state index in [0.717, 1.165) is 33.8 Å². The van der Waals surface area contributed by atoms with Crippen LogP contribution < -0.4 is 21.7 Å². The van der Waals surface area contributed by atoms with Crippen molar-refractivity contribution in [2.75, 3.05) is 49.5 Å². The molecule has 1 aromatic heterocycles. The van der Waals surface area contributed by atoms with Crippen molar-refractivity contribution in [3.8, 4) is 11.4 Å². The van der Waals surface area contributed by atoms with E-state index >= 15 is 0 Å². The number of rotatable bonds is 6. The molecule has 2 aliphatic rings. The lowest BCUT2D eigenvalue weighted by molar-refractivity contribution is -0.119. The lowest BCUT2D eigenvalue weighted by Gasteiger charge is -2.35. The van der Waals surface area contributed by atoms with Gasteiger partial charge in [0.1, 0.15) is 11.9 Å². The fourth-order valence-electron chi connectivity index (χ4n) is 5.02. The molecule has 3 aromatic rings. The summed E-state index contributed by atoms with van der Waals surface area (Å²) in [6, 6.07) is 13.4. The van der Waals surface area contributed by atoms with Crippen LogP contribution in [0.4, 0.5) is 16.2 Å². The number of nitrogens with zero attached hydrogens (tertiary/aromatic N) is 5. The highest BCUT2D eigenvalue weighted by molar-refractivity contribution is 6.02. The third-order valence-corrected chi connectivity index (χ3v) is 6.81. The number of guanidine groups is 1. The Morgan fingerprint density at radius 2 is 1.95 bits per heavy atom. The molecular formula is C26H32N8O3. The van der Waals surface area contributed by atoms with Crippen LogP contribution in [0.15, 0.2) is 47.5 Å². The summed E-state index contributed by atoms with van der Waals surface area (Å²) >= 11 is 0. The maximum absolute atomic E-state index is 13.4. The number of anilines is 2. The van der Waals surface area contributed by atoms with Crippen LogP contribution in [-0.4, -0.2) is 71.7 Å². The van der Waals surface area contributed by atoms with Crippen LogP contribution in [0.3, 0.4) is 0 Å². The molecule has 0 aliphatic carbocycles. The Balaban J connectivity index is 1.48. The molecule has 2 aliphatic heterocycles. The Labute approximate surface area is 215 Å². The minimum atomic E-state index is -0.458. The molecule has 3 heterocycles. The molecule has 1 unspecified atom stereocenters. The van der Waals surface area contributed by atoms with E-state index in [4.69, 9.17) is 21.2 Å². The first-order valence-corrected chi connectivity index (χ1v) is 12.6. The van der Waals surface area contributed by atoms with Crippen LogP contribution >= 0.6 is 0 Å². The predicted molar refractivity (Wildman–Crippen MR) is 144 cm³/mol. The van der Waals surface area contributed by atoms with Gasteiger partial charge in [0, 0.05) is 44.0 Å². The summed E-state index contributed by atoms with van der Waals surface area (Å²) in [7, 11) is 0. The zero-order chi connectivity index (χ0) is 25.9. The van der Waals surface area contributed by atoms with Crippen molar-refractivity contribution in [3.05, 3.63) is 42.5 Å².